The summed E-state index contributed by atoms with van der Waals surface area (Å²) < 4.78 is 25.8. The summed E-state index contributed by atoms with van der Waals surface area (Å²) >= 11 is -4.08. The molecule has 0 saturated heterocycles. The van der Waals surface area contributed by atoms with Gasteiger partial charge in [-0.2, -0.15) is 0 Å². The van der Waals surface area contributed by atoms with Crippen LogP contribution in [0.25, 0.3) is 0 Å². The van der Waals surface area contributed by atoms with Gasteiger partial charge in [-0.25, -0.2) is 0 Å². The third kappa shape index (κ3) is 92.1. The summed E-state index contributed by atoms with van der Waals surface area (Å²) in [5, 5.41) is 0. The molecule has 0 spiro atoms. The van der Waals surface area contributed by atoms with Crippen LogP contribution >= 0.6 is 0 Å². The Morgan fingerprint density at radius 3 is 1.14 bits per heavy atom. The molecule has 0 atom stereocenters. The van der Waals surface area contributed by atoms with Gasteiger partial charge < -0.3 is 11.0 Å². The van der Waals surface area contributed by atoms with Crippen molar-refractivity contribution in [2.45, 2.75) is 0 Å². The number of hydrogen-bond acceptors (Lipinski definition) is 3. The second-order valence-electron chi connectivity index (χ2n) is 0.250. The van der Waals surface area contributed by atoms with Crippen LogP contribution in [-0.2, 0) is 21.9 Å². The van der Waals surface area contributed by atoms with Crippen LogP contribution in [0.4, 0.5) is 0 Å². The molecule has 0 aliphatic rings. The average molecular weight is 172 g/mol. The van der Waals surface area contributed by atoms with Gasteiger partial charge in [0.25, 0.3) is 0 Å². The van der Waals surface area contributed by atoms with Gasteiger partial charge in [-0.1, -0.05) is 0 Å². The van der Waals surface area contributed by atoms with E-state index in [-0.39, 0.29) is 48.7 Å². The standard InChI is InChI=1S/Ca.2H2O.3O.Ti/h;2*1H2;;;;/q+2;;;;2*-1;. The molecule has 0 rings (SSSR count). The summed E-state index contributed by atoms with van der Waals surface area (Å²) in [6.07, 6.45) is 0. The summed E-state index contributed by atoms with van der Waals surface area (Å²) in [6.45, 7) is 0. The van der Waals surface area contributed by atoms with Gasteiger partial charge in [-0.15, -0.1) is 0 Å². The Labute approximate surface area is 77.1 Å². The van der Waals surface area contributed by atoms with Gasteiger partial charge in [0, 0.05) is 0 Å². The van der Waals surface area contributed by atoms with Crippen LogP contribution in [0, 0.1) is 0 Å². The van der Waals surface area contributed by atoms with E-state index in [1.54, 1.807) is 0 Å². The molecule has 0 aromatic heterocycles. The molecule has 0 unspecified atom stereocenters. The van der Waals surface area contributed by atoms with Crippen LogP contribution in [0.3, 0.4) is 0 Å². The normalized spacial score (nSPS) is 3.71. The van der Waals surface area contributed by atoms with Crippen molar-refractivity contribution >= 4 is 37.7 Å². The van der Waals surface area contributed by atoms with Crippen LogP contribution in [0.2, 0.25) is 0 Å². The molecule has 0 aliphatic carbocycles. The van der Waals surface area contributed by atoms with E-state index < -0.39 is 18.6 Å². The zero-order chi connectivity index (χ0) is 3.58. The maximum atomic E-state index is 8.58. The van der Waals surface area contributed by atoms with Gasteiger partial charge in [0.15, 0.2) is 0 Å². The molecule has 0 fully saturated rings. The van der Waals surface area contributed by atoms with Gasteiger partial charge in [0.1, 0.15) is 0 Å². The van der Waals surface area contributed by atoms with Crippen molar-refractivity contribution in [2.75, 3.05) is 0 Å². The molecule has 0 radical (unpaired) electrons. The van der Waals surface area contributed by atoms with Crippen LogP contribution in [0.1, 0.15) is 0 Å². The topological polar surface area (TPSA) is 126 Å². The fraction of sp³-hybridized carbons (Fsp3) is 0. The Balaban J connectivity index is -0.0000000150. The van der Waals surface area contributed by atoms with E-state index in [1.165, 1.54) is 0 Å². The first-order valence-corrected chi connectivity index (χ1v) is 2.52. The number of rotatable bonds is 0. The van der Waals surface area contributed by atoms with Gasteiger partial charge >= 0.3 is 67.1 Å². The minimum atomic E-state index is -4.08. The predicted octanol–water partition coefficient (Wildman–Crippen LogP) is -4.53. The first kappa shape index (κ1) is 23.5. The summed E-state index contributed by atoms with van der Waals surface area (Å²) in [6, 6.07) is 0. The third-order valence-electron chi connectivity index (χ3n) is 0. The third-order valence-corrected chi connectivity index (χ3v) is 0. The molecular weight excluding hydrogens is 168 g/mol. The average Bonchev–Trinajstić information content (AvgIpc) is 0.811. The molecule has 0 saturated carbocycles. The molecule has 7 heteroatoms. The van der Waals surface area contributed by atoms with Crippen molar-refractivity contribution in [3.63, 3.8) is 0 Å². The molecule has 0 amide bonds. The first-order valence-electron chi connectivity index (χ1n) is 0.612. The molecular formula is H4CaO5Ti. The van der Waals surface area contributed by atoms with E-state index in [4.69, 9.17) is 10.7 Å². The fourth-order valence-corrected chi connectivity index (χ4v) is 0. The first-order chi connectivity index (χ1) is 1.73. The molecule has 0 aliphatic heterocycles. The molecule has 5 nitrogen and oxygen atoms in total. The second kappa shape index (κ2) is 15.6. The molecule has 0 aromatic rings. The van der Waals surface area contributed by atoms with Crippen LogP contribution in [-0.4, -0.2) is 48.7 Å². The van der Waals surface area contributed by atoms with E-state index in [2.05, 4.69) is 0 Å². The molecule has 7 heavy (non-hydrogen) atoms. The maximum absolute atomic E-state index is 8.58. The van der Waals surface area contributed by atoms with E-state index in [0.717, 1.165) is 0 Å². The van der Waals surface area contributed by atoms with E-state index >= 15 is 0 Å². The van der Waals surface area contributed by atoms with Crippen molar-refractivity contribution in [1.29, 1.82) is 0 Å². The van der Waals surface area contributed by atoms with Gasteiger partial charge in [0.05, 0.1) is 0 Å². The summed E-state index contributed by atoms with van der Waals surface area (Å²) in [5.41, 5.74) is 0. The zero-order valence-electron chi connectivity index (χ0n) is 3.43. The second-order valence-corrected chi connectivity index (χ2v) is 1.03. The van der Waals surface area contributed by atoms with Crippen LogP contribution in [0.5, 0.6) is 0 Å². The summed E-state index contributed by atoms with van der Waals surface area (Å²) in [4.78, 5) is 0. The molecule has 0 aromatic carbocycles. The molecule has 4 N–H and O–H groups in total. The zero-order valence-corrected chi connectivity index (χ0v) is 7.20. The molecule has 0 heterocycles. The minimum absolute atomic E-state index is 0. The number of hydrogen-bond donors (Lipinski definition) is 0. The van der Waals surface area contributed by atoms with Gasteiger partial charge in [0.2, 0.25) is 0 Å². The summed E-state index contributed by atoms with van der Waals surface area (Å²) in [5.74, 6) is 0. The Hall–Kier alpha value is 1.61. The van der Waals surface area contributed by atoms with Crippen molar-refractivity contribution < 1.29 is 40.3 Å². The van der Waals surface area contributed by atoms with E-state index in [1.807, 2.05) is 0 Å². The van der Waals surface area contributed by atoms with Crippen molar-refractivity contribution in [3.8, 4) is 0 Å². The molecule has 0 bridgehead atoms. The van der Waals surface area contributed by atoms with Gasteiger partial charge in [-0.3, -0.25) is 0 Å². The van der Waals surface area contributed by atoms with Crippen LogP contribution in [0.15, 0.2) is 0 Å². The Morgan fingerprint density at radius 2 is 1.14 bits per heavy atom. The van der Waals surface area contributed by atoms with Crippen molar-refractivity contribution in [3.05, 3.63) is 0 Å². The summed E-state index contributed by atoms with van der Waals surface area (Å²) in [7, 11) is 0. The SMILES string of the molecule is O.O.[Ca+2].[O]=[Ti]([O-])[O-]. The Kier molecular flexibility index (Phi) is 52.4. The van der Waals surface area contributed by atoms with Gasteiger partial charge in [-0.05, 0) is 0 Å². The quantitative estimate of drug-likeness (QED) is 0.341. The van der Waals surface area contributed by atoms with Crippen molar-refractivity contribution in [1.82, 2.24) is 0 Å². The Morgan fingerprint density at radius 1 is 1.14 bits per heavy atom. The van der Waals surface area contributed by atoms with E-state index in [0.29, 0.717) is 0 Å². The monoisotopic (exact) mass is 172 g/mol. The Bertz CT molecular complexity index is 31.1. The fourth-order valence-electron chi connectivity index (χ4n) is 0. The molecule has 40 valence electrons. The van der Waals surface area contributed by atoms with E-state index in [9.17, 15) is 0 Å². The van der Waals surface area contributed by atoms with Crippen molar-refractivity contribution in [2.24, 2.45) is 0 Å². The van der Waals surface area contributed by atoms with Crippen LogP contribution < -0.4 is 7.38 Å². The predicted molar refractivity (Wildman–Crippen MR) is 13.7 cm³/mol.